The first-order valence-electron chi connectivity index (χ1n) is 6.99. The highest BCUT2D eigenvalue weighted by Crippen LogP contribution is 2.30. The van der Waals surface area contributed by atoms with E-state index >= 15 is 0 Å². The molecule has 11 heteroatoms. The van der Waals surface area contributed by atoms with Gasteiger partial charge in [0, 0.05) is 18.3 Å². The second kappa shape index (κ2) is 7.68. The van der Waals surface area contributed by atoms with Crippen molar-refractivity contribution in [1.29, 1.82) is 0 Å². The van der Waals surface area contributed by atoms with Crippen LogP contribution < -0.4 is 14.8 Å². The number of nitrogens with one attached hydrogen (secondary N) is 1. The van der Waals surface area contributed by atoms with Gasteiger partial charge < -0.3 is 14.8 Å². The summed E-state index contributed by atoms with van der Waals surface area (Å²) in [6, 6.07) is 6.05. The van der Waals surface area contributed by atoms with Gasteiger partial charge in [-0.05, 0) is 18.2 Å². The summed E-state index contributed by atoms with van der Waals surface area (Å²) < 4.78 is 46.5. The topological polar surface area (TPSA) is 104 Å². The van der Waals surface area contributed by atoms with Crippen molar-refractivity contribution in [3.05, 3.63) is 52.2 Å². The van der Waals surface area contributed by atoms with E-state index in [1.54, 1.807) is 0 Å². The van der Waals surface area contributed by atoms with Crippen LogP contribution in [0.1, 0.15) is 10.4 Å². The Kier molecular flexibility index (Phi) is 5.60. The number of nitrogens with zero attached hydrogens (tertiary/aromatic N) is 2. The molecule has 1 N–H and O–H groups in total. The van der Waals surface area contributed by atoms with Crippen molar-refractivity contribution < 1.29 is 32.4 Å². The van der Waals surface area contributed by atoms with E-state index in [4.69, 9.17) is 4.74 Å². The average Bonchev–Trinajstić information content (AvgIpc) is 2.59. The van der Waals surface area contributed by atoms with Gasteiger partial charge in [0.05, 0.1) is 17.7 Å². The molecule has 0 radical (unpaired) electrons. The molecule has 0 aliphatic heterocycles. The first-order chi connectivity index (χ1) is 12.2. The van der Waals surface area contributed by atoms with Gasteiger partial charge in [0.25, 0.3) is 11.6 Å². The number of methoxy groups -OCH3 is 1. The number of hydrogen-bond acceptors (Lipinski definition) is 6. The molecule has 8 nitrogen and oxygen atoms in total. The van der Waals surface area contributed by atoms with E-state index in [0.29, 0.717) is 0 Å². The van der Waals surface area contributed by atoms with Crippen molar-refractivity contribution >= 4 is 17.3 Å². The predicted octanol–water partition coefficient (Wildman–Crippen LogP) is 3.19. The second-order valence-corrected chi connectivity index (χ2v) is 4.86. The molecule has 0 unspecified atom stereocenters. The van der Waals surface area contributed by atoms with Crippen LogP contribution in [-0.4, -0.2) is 35.7 Å². The number of ether oxygens (including phenoxy) is 2. The largest absolute Gasteiger partial charge is 0.495 e. The molecule has 2 rings (SSSR count). The van der Waals surface area contributed by atoms with Crippen LogP contribution in [-0.2, 0) is 0 Å². The zero-order chi connectivity index (χ0) is 19.3. The Morgan fingerprint density at radius 1 is 1.35 bits per heavy atom. The van der Waals surface area contributed by atoms with Gasteiger partial charge in [-0.1, -0.05) is 0 Å². The number of alkyl halides is 3. The van der Waals surface area contributed by atoms with Gasteiger partial charge in [0.2, 0.25) is 5.88 Å². The Bertz CT molecular complexity index is 826. The van der Waals surface area contributed by atoms with Gasteiger partial charge in [-0.25, -0.2) is 4.98 Å². The van der Waals surface area contributed by atoms with Crippen LogP contribution in [0.3, 0.4) is 0 Å². The lowest BCUT2D eigenvalue weighted by Gasteiger charge is -2.13. The number of benzene rings is 1. The maximum Gasteiger partial charge on any atom is 0.422 e. The van der Waals surface area contributed by atoms with Gasteiger partial charge in [-0.3, -0.25) is 14.9 Å². The highest BCUT2D eigenvalue weighted by Gasteiger charge is 2.29. The van der Waals surface area contributed by atoms with Crippen LogP contribution in [0.2, 0.25) is 0 Å². The number of carbonyl (C=O) groups is 1. The fourth-order valence-electron chi connectivity index (χ4n) is 1.93. The normalized spacial score (nSPS) is 10.9. The van der Waals surface area contributed by atoms with E-state index in [2.05, 4.69) is 15.0 Å². The van der Waals surface area contributed by atoms with Crippen LogP contribution in [0.15, 0.2) is 36.5 Å². The van der Waals surface area contributed by atoms with Gasteiger partial charge in [0.1, 0.15) is 11.3 Å². The van der Waals surface area contributed by atoms with Gasteiger partial charge in [-0.2, -0.15) is 13.2 Å². The molecular weight excluding hydrogens is 359 g/mol. The molecule has 1 aromatic carbocycles. The molecule has 1 amide bonds. The third-order valence-corrected chi connectivity index (χ3v) is 3.03. The van der Waals surface area contributed by atoms with E-state index < -0.39 is 29.5 Å². The Morgan fingerprint density at radius 2 is 2.08 bits per heavy atom. The van der Waals surface area contributed by atoms with Gasteiger partial charge in [0.15, 0.2) is 6.61 Å². The van der Waals surface area contributed by atoms with Crippen molar-refractivity contribution in [3.63, 3.8) is 0 Å². The molecular formula is C15H12F3N3O5. The Morgan fingerprint density at radius 3 is 2.69 bits per heavy atom. The smallest absolute Gasteiger partial charge is 0.422 e. The minimum absolute atomic E-state index is 0.0303. The van der Waals surface area contributed by atoms with E-state index in [0.717, 1.165) is 12.3 Å². The lowest BCUT2D eigenvalue weighted by molar-refractivity contribution is -0.384. The van der Waals surface area contributed by atoms with Crippen molar-refractivity contribution in [2.24, 2.45) is 0 Å². The number of hydrogen-bond donors (Lipinski definition) is 1. The summed E-state index contributed by atoms with van der Waals surface area (Å²) in [5.41, 5.74) is -0.608. The van der Waals surface area contributed by atoms with E-state index in [9.17, 15) is 28.1 Å². The maximum absolute atomic E-state index is 12.4. The lowest BCUT2D eigenvalue weighted by atomic mass is 10.2. The molecule has 0 atom stereocenters. The highest BCUT2D eigenvalue weighted by atomic mass is 19.4. The summed E-state index contributed by atoms with van der Waals surface area (Å²) in [5, 5.41) is 13.2. The fraction of sp³-hybridized carbons (Fsp3) is 0.200. The molecule has 0 aliphatic carbocycles. The Hall–Kier alpha value is -3.37. The molecule has 0 aliphatic rings. The summed E-state index contributed by atoms with van der Waals surface area (Å²) in [6.07, 6.45) is -3.44. The monoisotopic (exact) mass is 371 g/mol. The number of nitro groups is 1. The van der Waals surface area contributed by atoms with Crippen molar-refractivity contribution in [2.75, 3.05) is 19.0 Å². The molecule has 0 bridgehead atoms. The third-order valence-electron chi connectivity index (χ3n) is 3.03. The predicted molar refractivity (Wildman–Crippen MR) is 83.4 cm³/mol. The molecule has 0 fully saturated rings. The summed E-state index contributed by atoms with van der Waals surface area (Å²) in [6.45, 7) is -1.62. The minimum Gasteiger partial charge on any atom is -0.495 e. The van der Waals surface area contributed by atoms with Crippen LogP contribution in [0.4, 0.5) is 24.5 Å². The molecule has 0 saturated carbocycles. The second-order valence-electron chi connectivity index (χ2n) is 4.86. The van der Waals surface area contributed by atoms with Crippen molar-refractivity contribution in [2.45, 2.75) is 6.18 Å². The SMILES string of the molecule is COc1ccc([N+](=O)[O-])cc1NC(=O)c1cccnc1OCC(F)(F)F. The number of nitro benzene ring substituents is 1. The van der Waals surface area contributed by atoms with E-state index in [1.807, 2.05) is 0 Å². The quantitative estimate of drug-likeness (QED) is 0.618. The number of aromatic nitrogens is 1. The van der Waals surface area contributed by atoms with E-state index in [1.165, 1.54) is 31.4 Å². The first kappa shape index (κ1) is 19.0. The molecule has 0 saturated heterocycles. The fourth-order valence-corrected chi connectivity index (χ4v) is 1.93. The van der Waals surface area contributed by atoms with Crippen molar-refractivity contribution in [3.8, 4) is 11.6 Å². The van der Waals surface area contributed by atoms with Crippen molar-refractivity contribution in [1.82, 2.24) is 4.98 Å². The molecule has 26 heavy (non-hydrogen) atoms. The summed E-state index contributed by atoms with van der Waals surface area (Å²) >= 11 is 0. The zero-order valence-corrected chi connectivity index (χ0v) is 13.2. The summed E-state index contributed by atoms with van der Waals surface area (Å²) in [4.78, 5) is 26.2. The number of carbonyl (C=O) groups excluding carboxylic acids is 1. The molecule has 138 valence electrons. The molecule has 1 aromatic heterocycles. The molecule has 0 spiro atoms. The first-order valence-corrected chi connectivity index (χ1v) is 6.99. The number of pyridine rings is 1. The molecule has 2 aromatic rings. The summed E-state index contributed by atoms with van der Waals surface area (Å²) in [7, 11) is 1.29. The van der Waals surface area contributed by atoms with Crippen LogP contribution >= 0.6 is 0 Å². The van der Waals surface area contributed by atoms with Crippen LogP contribution in [0, 0.1) is 10.1 Å². The Labute approximate surface area is 144 Å². The maximum atomic E-state index is 12.4. The summed E-state index contributed by atoms with van der Waals surface area (Å²) in [5.74, 6) is -1.26. The van der Waals surface area contributed by atoms with E-state index in [-0.39, 0.29) is 22.7 Å². The lowest BCUT2D eigenvalue weighted by Crippen LogP contribution is -2.22. The van der Waals surface area contributed by atoms with Gasteiger partial charge >= 0.3 is 6.18 Å². The molecule has 1 heterocycles. The number of non-ortho nitro benzene ring substituents is 1. The number of rotatable bonds is 6. The number of anilines is 1. The van der Waals surface area contributed by atoms with Gasteiger partial charge in [-0.15, -0.1) is 0 Å². The standard InChI is InChI=1S/C15H12F3N3O5/c1-25-12-5-4-9(21(23)24)7-11(12)20-13(22)10-3-2-6-19-14(10)26-8-15(16,17)18/h2-7H,8H2,1H3,(H,20,22). The zero-order valence-electron chi connectivity index (χ0n) is 13.2. The Balaban J connectivity index is 2.28. The number of amides is 1. The van der Waals surface area contributed by atoms with Crippen LogP contribution in [0.5, 0.6) is 11.6 Å². The average molecular weight is 371 g/mol. The number of halogens is 3. The highest BCUT2D eigenvalue weighted by molar-refractivity contribution is 6.06. The minimum atomic E-state index is -4.60. The van der Waals surface area contributed by atoms with Crippen LogP contribution in [0.25, 0.3) is 0 Å². The third kappa shape index (κ3) is 4.82.